The molecule has 0 radical (unpaired) electrons. The molecule has 2 bridgehead atoms. The second-order valence-electron chi connectivity index (χ2n) is 8.18. The molecule has 0 amide bonds. The fourth-order valence-corrected chi connectivity index (χ4v) is 4.93. The molecule has 7 heteroatoms. The van der Waals surface area contributed by atoms with Crippen LogP contribution in [0.1, 0.15) is 35.9 Å². The zero-order chi connectivity index (χ0) is 21.1. The van der Waals surface area contributed by atoms with Gasteiger partial charge in [0.25, 0.3) is 5.56 Å². The van der Waals surface area contributed by atoms with Gasteiger partial charge in [-0.15, -0.1) is 0 Å². The summed E-state index contributed by atoms with van der Waals surface area (Å²) in [6, 6.07) is 15.5. The van der Waals surface area contributed by atoms with E-state index in [0.29, 0.717) is 29.9 Å². The van der Waals surface area contributed by atoms with Gasteiger partial charge in [-0.25, -0.2) is 0 Å². The van der Waals surface area contributed by atoms with Crippen molar-refractivity contribution in [3.8, 4) is 0 Å². The second-order valence-corrected chi connectivity index (χ2v) is 8.56. The van der Waals surface area contributed by atoms with Crippen LogP contribution in [0.5, 0.6) is 0 Å². The first-order valence-corrected chi connectivity index (χ1v) is 10.8. The first-order valence-electron chi connectivity index (χ1n) is 10.4. The summed E-state index contributed by atoms with van der Waals surface area (Å²) in [6.07, 6.45) is 1.40. The standard InChI is InChI=1S/C23H27N3O3S/c1-29-22(28)11-18(17-6-3-2-4-7-17)12-24-23(30)25-13-16-10-19(15-25)20-8-5-9-21(27)26(20)14-16/h2-9,16,18-19H,10-15H2,1H3,(H,24,30)/t16-,18?,19+/m0/s1. The van der Waals surface area contributed by atoms with E-state index in [2.05, 4.69) is 16.3 Å². The molecule has 2 aliphatic rings. The lowest BCUT2D eigenvalue weighted by atomic mass is 9.83. The third kappa shape index (κ3) is 4.41. The number of nitrogens with one attached hydrogen (secondary N) is 1. The summed E-state index contributed by atoms with van der Waals surface area (Å²) in [5.41, 5.74) is 2.28. The van der Waals surface area contributed by atoms with E-state index in [1.165, 1.54) is 7.11 Å². The number of hydrogen-bond donors (Lipinski definition) is 1. The average Bonchev–Trinajstić information content (AvgIpc) is 2.77. The number of rotatable bonds is 5. The topological polar surface area (TPSA) is 63.6 Å². The van der Waals surface area contributed by atoms with Crippen molar-refractivity contribution < 1.29 is 9.53 Å². The maximum atomic E-state index is 12.2. The summed E-state index contributed by atoms with van der Waals surface area (Å²) in [6.45, 7) is 2.97. The molecule has 0 spiro atoms. The van der Waals surface area contributed by atoms with E-state index < -0.39 is 0 Å². The van der Waals surface area contributed by atoms with E-state index in [4.69, 9.17) is 17.0 Å². The fraction of sp³-hybridized carbons (Fsp3) is 0.435. The first-order chi connectivity index (χ1) is 14.5. The Morgan fingerprint density at radius 1 is 1.17 bits per heavy atom. The second kappa shape index (κ2) is 9.00. The van der Waals surface area contributed by atoms with Crippen LogP contribution in [0.4, 0.5) is 0 Å². The molecule has 1 unspecified atom stereocenters. The number of esters is 1. The Hall–Kier alpha value is -2.67. The van der Waals surface area contributed by atoms with E-state index in [-0.39, 0.29) is 17.4 Å². The van der Waals surface area contributed by atoms with Crippen molar-refractivity contribution in [2.24, 2.45) is 5.92 Å². The van der Waals surface area contributed by atoms with E-state index >= 15 is 0 Å². The number of pyridine rings is 1. The lowest BCUT2D eigenvalue weighted by molar-refractivity contribution is -0.141. The number of ether oxygens (including phenoxy) is 1. The molecule has 2 aliphatic heterocycles. The van der Waals surface area contributed by atoms with E-state index in [0.717, 1.165) is 37.3 Å². The van der Waals surface area contributed by atoms with Gasteiger partial charge in [0.2, 0.25) is 0 Å². The van der Waals surface area contributed by atoms with E-state index in [1.807, 2.05) is 41.0 Å². The Morgan fingerprint density at radius 3 is 2.73 bits per heavy atom. The molecule has 1 fully saturated rings. The SMILES string of the molecule is COC(=O)CC(CNC(=S)N1C[C@@H]2C[C@H](C1)c1cccc(=O)n1C2)c1ccccc1. The lowest BCUT2D eigenvalue weighted by Gasteiger charge is -2.43. The molecular weight excluding hydrogens is 398 g/mol. The van der Waals surface area contributed by atoms with Gasteiger partial charge >= 0.3 is 5.97 Å². The van der Waals surface area contributed by atoms with Gasteiger partial charge in [0, 0.05) is 49.8 Å². The number of nitrogens with zero attached hydrogens (tertiary/aromatic N) is 2. The number of carbonyl (C=O) groups is 1. The Balaban J connectivity index is 1.42. The zero-order valence-corrected chi connectivity index (χ0v) is 17.9. The van der Waals surface area contributed by atoms with Crippen molar-refractivity contribution in [3.63, 3.8) is 0 Å². The molecule has 1 aromatic carbocycles. The van der Waals surface area contributed by atoms with Gasteiger partial charge in [-0.1, -0.05) is 36.4 Å². The van der Waals surface area contributed by atoms with Crippen LogP contribution in [-0.4, -0.2) is 47.3 Å². The molecular formula is C23H27N3O3S. The van der Waals surface area contributed by atoms with Crippen molar-refractivity contribution in [2.75, 3.05) is 26.7 Å². The molecule has 158 valence electrons. The number of piperidine rings is 1. The Labute approximate surface area is 181 Å². The minimum Gasteiger partial charge on any atom is -0.469 e. The predicted octanol–water partition coefficient (Wildman–Crippen LogP) is 2.49. The molecule has 0 saturated carbocycles. The third-order valence-corrected chi connectivity index (χ3v) is 6.58. The molecule has 2 aromatic rings. The van der Waals surface area contributed by atoms with Gasteiger partial charge < -0.3 is 19.5 Å². The summed E-state index contributed by atoms with van der Waals surface area (Å²) in [5.74, 6) is 0.480. The number of hydrogen-bond acceptors (Lipinski definition) is 4. The number of methoxy groups -OCH3 is 1. The number of carbonyl (C=O) groups excluding carboxylic acids is 1. The highest BCUT2D eigenvalue weighted by Gasteiger charge is 2.35. The van der Waals surface area contributed by atoms with Crippen LogP contribution >= 0.6 is 12.2 Å². The van der Waals surface area contributed by atoms with Crippen molar-refractivity contribution >= 4 is 23.3 Å². The number of fused-ring (bicyclic) bond motifs is 4. The summed E-state index contributed by atoms with van der Waals surface area (Å²) in [7, 11) is 1.41. The predicted molar refractivity (Wildman–Crippen MR) is 120 cm³/mol. The highest BCUT2D eigenvalue weighted by Crippen LogP contribution is 2.35. The van der Waals surface area contributed by atoms with Gasteiger partial charge in [-0.05, 0) is 36.2 Å². The fourth-order valence-electron chi connectivity index (χ4n) is 4.70. The monoisotopic (exact) mass is 425 g/mol. The highest BCUT2D eigenvalue weighted by molar-refractivity contribution is 7.80. The smallest absolute Gasteiger partial charge is 0.306 e. The van der Waals surface area contributed by atoms with Crippen LogP contribution in [0, 0.1) is 5.92 Å². The van der Waals surface area contributed by atoms with Crippen LogP contribution in [0.3, 0.4) is 0 Å². The molecule has 1 N–H and O–H groups in total. The number of likely N-dealkylation sites (tertiary alicyclic amines) is 1. The van der Waals surface area contributed by atoms with Crippen molar-refractivity contribution in [1.82, 2.24) is 14.8 Å². The molecule has 6 nitrogen and oxygen atoms in total. The number of thiocarbonyl (C=S) groups is 1. The minimum absolute atomic E-state index is 0.0137. The van der Waals surface area contributed by atoms with Crippen LogP contribution in [0.2, 0.25) is 0 Å². The largest absolute Gasteiger partial charge is 0.469 e. The average molecular weight is 426 g/mol. The number of aromatic nitrogens is 1. The molecule has 0 aliphatic carbocycles. The third-order valence-electron chi connectivity index (χ3n) is 6.18. The van der Waals surface area contributed by atoms with Crippen molar-refractivity contribution in [3.05, 3.63) is 70.1 Å². The molecule has 1 aromatic heterocycles. The van der Waals surface area contributed by atoms with Crippen LogP contribution in [-0.2, 0) is 16.1 Å². The lowest BCUT2D eigenvalue weighted by Crippen LogP contribution is -2.52. The summed E-state index contributed by atoms with van der Waals surface area (Å²) >= 11 is 5.72. The molecule has 30 heavy (non-hydrogen) atoms. The van der Waals surface area contributed by atoms with Crippen molar-refractivity contribution in [2.45, 2.75) is 31.2 Å². The highest BCUT2D eigenvalue weighted by atomic mass is 32.1. The maximum Gasteiger partial charge on any atom is 0.306 e. The van der Waals surface area contributed by atoms with Crippen molar-refractivity contribution in [1.29, 1.82) is 0 Å². The minimum atomic E-state index is -0.230. The van der Waals surface area contributed by atoms with Crippen LogP contribution < -0.4 is 10.9 Å². The van der Waals surface area contributed by atoms with E-state index in [9.17, 15) is 9.59 Å². The summed E-state index contributed by atoms with van der Waals surface area (Å²) < 4.78 is 6.81. The maximum absolute atomic E-state index is 12.2. The Morgan fingerprint density at radius 2 is 1.97 bits per heavy atom. The van der Waals surface area contributed by atoms with Gasteiger partial charge in [-0.3, -0.25) is 9.59 Å². The van der Waals surface area contributed by atoms with Crippen LogP contribution in [0.25, 0.3) is 0 Å². The van der Waals surface area contributed by atoms with Gasteiger partial charge in [0.15, 0.2) is 5.11 Å². The van der Waals surface area contributed by atoms with E-state index in [1.54, 1.807) is 6.07 Å². The number of benzene rings is 1. The summed E-state index contributed by atoms with van der Waals surface area (Å²) in [4.78, 5) is 26.3. The van der Waals surface area contributed by atoms with Crippen LogP contribution in [0.15, 0.2) is 53.3 Å². The first kappa shape index (κ1) is 20.6. The normalized spacial score (nSPS) is 20.8. The Bertz CT molecular complexity index is 975. The molecule has 1 saturated heterocycles. The quantitative estimate of drug-likeness (QED) is 0.587. The van der Waals surface area contributed by atoms with Gasteiger partial charge in [0.1, 0.15) is 0 Å². The zero-order valence-electron chi connectivity index (χ0n) is 17.1. The molecule has 4 rings (SSSR count). The van der Waals surface area contributed by atoms with Gasteiger partial charge in [0.05, 0.1) is 13.5 Å². The molecule has 3 heterocycles. The molecule has 3 atom stereocenters. The summed E-state index contributed by atoms with van der Waals surface area (Å²) in [5, 5.41) is 4.10. The Kier molecular flexibility index (Phi) is 6.18. The van der Waals surface area contributed by atoms with Gasteiger partial charge in [-0.2, -0.15) is 0 Å².